The van der Waals surface area contributed by atoms with Gasteiger partial charge >= 0.3 is 0 Å². The Morgan fingerprint density at radius 1 is 1.30 bits per heavy atom. The Hall–Kier alpha value is -3.02. The highest BCUT2D eigenvalue weighted by atomic mass is 16.5. The van der Waals surface area contributed by atoms with Crippen molar-refractivity contribution in [3.63, 3.8) is 0 Å². The summed E-state index contributed by atoms with van der Waals surface area (Å²) in [6.45, 7) is 1.15. The second kappa shape index (κ2) is 6.39. The molecule has 2 aromatic carbocycles. The predicted octanol–water partition coefficient (Wildman–Crippen LogP) is 2.43. The van der Waals surface area contributed by atoms with Crippen molar-refractivity contribution in [1.29, 1.82) is 0 Å². The number of hydrogen-bond acceptors (Lipinski definition) is 5. The monoisotopic (exact) mass is 312 g/mol. The molecule has 2 aromatic rings. The van der Waals surface area contributed by atoms with Gasteiger partial charge in [-0.25, -0.2) is 4.99 Å². The maximum absolute atomic E-state index is 12.4. The zero-order valence-electron chi connectivity index (χ0n) is 12.6. The number of anilines is 1. The SMILES string of the molecule is COc1ccc(C(=O)Nc2ccccc2C2=NCCO2)c(O)c1. The maximum atomic E-state index is 12.4. The minimum absolute atomic E-state index is 0.145. The summed E-state index contributed by atoms with van der Waals surface area (Å²) in [6, 6.07) is 11.8. The van der Waals surface area contributed by atoms with Gasteiger partial charge in [0.25, 0.3) is 5.91 Å². The van der Waals surface area contributed by atoms with Gasteiger partial charge < -0.3 is 19.9 Å². The fourth-order valence-corrected chi connectivity index (χ4v) is 2.30. The highest BCUT2D eigenvalue weighted by Crippen LogP contribution is 2.25. The smallest absolute Gasteiger partial charge is 0.259 e. The Balaban J connectivity index is 1.86. The molecule has 1 aliphatic rings. The number of nitrogens with one attached hydrogen (secondary N) is 1. The van der Waals surface area contributed by atoms with E-state index in [1.165, 1.54) is 19.2 Å². The van der Waals surface area contributed by atoms with Crippen LogP contribution in [-0.2, 0) is 4.74 Å². The van der Waals surface area contributed by atoms with Gasteiger partial charge in [-0.2, -0.15) is 0 Å². The molecule has 0 bridgehead atoms. The second-order valence-corrected chi connectivity index (χ2v) is 4.92. The lowest BCUT2D eigenvalue weighted by atomic mass is 10.1. The molecule has 0 unspecified atom stereocenters. The molecule has 0 radical (unpaired) electrons. The largest absolute Gasteiger partial charge is 0.507 e. The van der Waals surface area contributed by atoms with Crippen LogP contribution in [0.1, 0.15) is 15.9 Å². The lowest BCUT2D eigenvalue weighted by molar-refractivity contribution is 0.102. The van der Waals surface area contributed by atoms with E-state index >= 15 is 0 Å². The molecule has 6 nitrogen and oxygen atoms in total. The molecule has 2 N–H and O–H groups in total. The predicted molar refractivity (Wildman–Crippen MR) is 86.4 cm³/mol. The van der Waals surface area contributed by atoms with Crippen molar-refractivity contribution < 1.29 is 19.4 Å². The molecule has 0 saturated heterocycles. The van der Waals surface area contributed by atoms with Gasteiger partial charge in [0.2, 0.25) is 5.90 Å². The van der Waals surface area contributed by atoms with Gasteiger partial charge in [0.15, 0.2) is 0 Å². The van der Waals surface area contributed by atoms with Crippen molar-refractivity contribution in [3.8, 4) is 11.5 Å². The Kier molecular flexibility index (Phi) is 4.14. The molecule has 3 rings (SSSR count). The molecule has 6 heteroatoms. The van der Waals surface area contributed by atoms with E-state index in [2.05, 4.69) is 10.3 Å². The number of aliphatic imine (C=N–C) groups is 1. The quantitative estimate of drug-likeness (QED) is 0.908. The Bertz CT molecular complexity index is 771. The number of aromatic hydroxyl groups is 1. The number of amides is 1. The summed E-state index contributed by atoms with van der Waals surface area (Å²) in [7, 11) is 1.49. The lowest BCUT2D eigenvalue weighted by Crippen LogP contribution is -2.15. The van der Waals surface area contributed by atoms with Crippen molar-refractivity contribution in [1.82, 2.24) is 0 Å². The number of carbonyl (C=O) groups excluding carboxylic acids is 1. The van der Waals surface area contributed by atoms with Crippen molar-refractivity contribution in [2.75, 3.05) is 25.6 Å². The maximum Gasteiger partial charge on any atom is 0.259 e. The Labute approximate surface area is 133 Å². The van der Waals surface area contributed by atoms with Crippen LogP contribution in [0, 0.1) is 0 Å². The summed E-state index contributed by atoms with van der Waals surface area (Å²) < 4.78 is 10.5. The number of benzene rings is 2. The number of rotatable bonds is 4. The second-order valence-electron chi connectivity index (χ2n) is 4.92. The summed E-state index contributed by atoms with van der Waals surface area (Å²) in [4.78, 5) is 16.7. The number of hydrogen-bond donors (Lipinski definition) is 2. The molecule has 1 heterocycles. The van der Waals surface area contributed by atoms with Crippen LogP contribution in [0.2, 0.25) is 0 Å². The normalized spacial score (nSPS) is 13.2. The van der Waals surface area contributed by atoms with Crippen LogP contribution in [0.25, 0.3) is 0 Å². The van der Waals surface area contributed by atoms with Crippen LogP contribution in [-0.4, -0.2) is 37.2 Å². The minimum Gasteiger partial charge on any atom is -0.507 e. The molecule has 0 atom stereocenters. The average molecular weight is 312 g/mol. The van der Waals surface area contributed by atoms with Crippen LogP contribution >= 0.6 is 0 Å². The third-order valence-electron chi connectivity index (χ3n) is 3.44. The first-order valence-corrected chi connectivity index (χ1v) is 7.14. The van der Waals surface area contributed by atoms with Gasteiger partial charge in [-0.15, -0.1) is 0 Å². The number of para-hydroxylation sites is 1. The van der Waals surface area contributed by atoms with Crippen LogP contribution in [0.15, 0.2) is 47.5 Å². The average Bonchev–Trinajstić information content (AvgIpc) is 3.09. The van der Waals surface area contributed by atoms with E-state index in [4.69, 9.17) is 9.47 Å². The van der Waals surface area contributed by atoms with Gasteiger partial charge in [-0.1, -0.05) is 12.1 Å². The first-order chi connectivity index (χ1) is 11.2. The van der Waals surface area contributed by atoms with E-state index < -0.39 is 5.91 Å². The van der Waals surface area contributed by atoms with Gasteiger partial charge in [0.05, 0.1) is 30.5 Å². The number of ether oxygens (including phenoxy) is 2. The van der Waals surface area contributed by atoms with Crippen LogP contribution in [0.3, 0.4) is 0 Å². The molecule has 1 aliphatic heterocycles. The van der Waals surface area contributed by atoms with Crippen LogP contribution in [0.5, 0.6) is 11.5 Å². The third-order valence-corrected chi connectivity index (χ3v) is 3.44. The molecule has 118 valence electrons. The van der Waals surface area contributed by atoms with Crippen molar-refractivity contribution >= 4 is 17.5 Å². The third kappa shape index (κ3) is 3.11. The molecule has 0 aromatic heterocycles. The summed E-state index contributed by atoms with van der Waals surface area (Å²) in [5.41, 5.74) is 1.45. The number of phenols is 1. The van der Waals surface area contributed by atoms with Crippen molar-refractivity contribution in [2.45, 2.75) is 0 Å². The van der Waals surface area contributed by atoms with Crippen molar-refractivity contribution in [3.05, 3.63) is 53.6 Å². The number of carbonyl (C=O) groups is 1. The highest BCUT2D eigenvalue weighted by Gasteiger charge is 2.18. The highest BCUT2D eigenvalue weighted by molar-refractivity contribution is 6.10. The van der Waals surface area contributed by atoms with Gasteiger partial charge in [0, 0.05) is 6.07 Å². The molecule has 1 amide bonds. The molecule has 0 saturated carbocycles. The first-order valence-electron chi connectivity index (χ1n) is 7.14. The number of nitrogens with zero attached hydrogens (tertiary/aromatic N) is 1. The number of methoxy groups -OCH3 is 1. The summed E-state index contributed by atoms with van der Waals surface area (Å²) >= 11 is 0. The van der Waals surface area contributed by atoms with E-state index in [1.807, 2.05) is 18.2 Å². The Morgan fingerprint density at radius 3 is 2.83 bits per heavy atom. The molecular formula is C17H16N2O4. The molecule has 0 spiro atoms. The standard InChI is InChI=1S/C17H16N2O4/c1-22-11-6-7-13(15(20)10-11)16(21)19-14-5-3-2-4-12(14)17-18-8-9-23-17/h2-7,10,20H,8-9H2,1H3,(H,19,21). The summed E-state index contributed by atoms with van der Waals surface area (Å²) in [5.74, 6) is 0.429. The van der Waals surface area contributed by atoms with Gasteiger partial charge in [0.1, 0.15) is 18.1 Å². The van der Waals surface area contributed by atoms with Gasteiger partial charge in [-0.3, -0.25) is 4.79 Å². The fraction of sp³-hybridized carbons (Fsp3) is 0.176. The zero-order valence-corrected chi connectivity index (χ0v) is 12.6. The van der Waals surface area contributed by atoms with E-state index in [9.17, 15) is 9.90 Å². The van der Waals surface area contributed by atoms with E-state index in [-0.39, 0.29) is 11.3 Å². The number of phenolic OH excluding ortho intramolecular Hbond substituents is 1. The fourth-order valence-electron chi connectivity index (χ4n) is 2.30. The van der Waals surface area contributed by atoms with Gasteiger partial charge in [-0.05, 0) is 24.3 Å². The minimum atomic E-state index is -0.420. The molecule has 0 aliphatic carbocycles. The molecule has 23 heavy (non-hydrogen) atoms. The molecular weight excluding hydrogens is 296 g/mol. The van der Waals surface area contributed by atoms with Crippen LogP contribution in [0.4, 0.5) is 5.69 Å². The lowest BCUT2D eigenvalue weighted by Gasteiger charge is -2.12. The summed E-state index contributed by atoms with van der Waals surface area (Å²) in [6.07, 6.45) is 0. The van der Waals surface area contributed by atoms with Crippen LogP contribution < -0.4 is 10.1 Å². The van der Waals surface area contributed by atoms with E-state index in [1.54, 1.807) is 12.1 Å². The van der Waals surface area contributed by atoms with E-state index in [0.29, 0.717) is 36.0 Å². The Morgan fingerprint density at radius 2 is 2.13 bits per heavy atom. The van der Waals surface area contributed by atoms with Crippen molar-refractivity contribution in [2.24, 2.45) is 4.99 Å². The first kappa shape index (κ1) is 14.9. The molecule has 0 fully saturated rings. The van der Waals surface area contributed by atoms with E-state index in [0.717, 1.165) is 0 Å². The summed E-state index contributed by atoms with van der Waals surface area (Å²) in [5, 5.41) is 12.7. The zero-order chi connectivity index (χ0) is 16.2. The topological polar surface area (TPSA) is 80.2 Å².